The molecule has 130 valence electrons. The summed E-state index contributed by atoms with van der Waals surface area (Å²) in [5.41, 5.74) is 1.52. The summed E-state index contributed by atoms with van der Waals surface area (Å²) >= 11 is 3.42. The van der Waals surface area contributed by atoms with E-state index in [0.29, 0.717) is 11.1 Å². The van der Waals surface area contributed by atoms with Gasteiger partial charge >= 0.3 is 6.03 Å². The minimum atomic E-state index is -1.21. The fourth-order valence-electron chi connectivity index (χ4n) is 3.13. The van der Waals surface area contributed by atoms with Crippen molar-refractivity contribution in [2.75, 3.05) is 6.54 Å². The summed E-state index contributed by atoms with van der Waals surface area (Å²) in [6, 6.07) is 8.36. The highest BCUT2D eigenvalue weighted by Gasteiger charge is 2.50. The summed E-state index contributed by atoms with van der Waals surface area (Å²) < 4.78 is 0.719. The molecule has 0 saturated carbocycles. The van der Waals surface area contributed by atoms with Crippen molar-refractivity contribution < 1.29 is 14.4 Å². The molecule has 1 fully saturated rings. The lowest BCUT2D eigenvalue weighted by molar-refractivity contribution is -0.130. The summed E-state index contributed by atoms with van der Waals surface area (Å²) in [7, 11) is 0. The van der Waals surface area contributed by atoms with Gasteiger partial charge in [0.05, 0.1) is 6.54 Å². The van der Waals surface area contributed by atoms with Crippen LogP contribution in [0.1, 0.15) is 34.2 Å². The number of aryl methyl sites for hydroxylation is 2. The van der Waals surface area contributed by atoms with Crippen LogP contribution in [-0.4, -0.2) is 34.2 Å². The molecule has 0 radical (unpaired) electrons. The van der Waals surface area contributed by atoms with Gasteiger partial charge in [0.15, 0.2) is 5.78 Å². The molecule has 1 aromatic heterocycles. The first-order valence-electron chi connectivity index (χ1n) is 7.82. The first kappa shape index (κ1) is 17.4. The molecule has 0 bridgehead atoms. The average molecular weight is 404 g/mol. The Bertz CT molecular complexity index is 889. The van der Waals surface area contributed by atoms with E-state index in [0.717, 1.165) is 20.8 Å². The normalized spacial score (nSPS) is 20.1. The molecule has 1 aliphatic rings. The number of hydrogen-bond acceptors (Lipinski definition) is 3. The number of nitrogens with one attached hydrogen (secondary N) is 2. The molecule has 1 aliphatic heterocycles. The van der Waals surface area contributed by atoms with E-state index >= 15 is 0 Å². The topological polar surface area (TPSA) is 82.3 Å². The molecule has 0 aliphatic carbocycles. The molecular weight excluding hydrogens is 386 g/mol. The highest BCUT2D eigenvalue weighted by atomic mass is 79.9. The number of aromatic amines is 1. The maximum absolute atomic E-state index is 12.9. The van der Waals surface area contributed by atoms with Crippen LogP contribution in [0.5, 0.6) is 0 Å². The molecule has 1 aromatic carbocycles. The third-order valence-electron chi connectivity index (χ3n) is 4.44. The van der Waals surface area contributed by atoms with E-state index in [-0.39, 0.29) is 12.3 Å². The van der Waals surface area contributed by atoms with Gasteiger partial charge in [-0.3, -0.25) is 14.5 Å². The summed E-state index contributed by atoms with van der Waals surface area (Å²) in [6.07, 6.45) is 0. The molecule has 3 rings (SSSR count). The number of amides is 3. The van der Waals surface area contributed by atoms with Crippen LogP contribution in [0.2, 0.25) is 0 Å². The number of rotatable bonds is 4. The largest absolute Gasteiger partial charge is 0.362 e. The smallest absolute Gasteiger partial charge is 0.325 e. The third-order valence-corrected chi connectivity index (χ3v) is 5.13. The first-order chi connectivity index (χ1) is 11.7. The van der Waals surface area contributed by atoms with Gasteiger partial charge in [-0.1, -0.05) is 34.1 Å². The Balaban J connectivity index is 1.88. The molecule has 7 heteroatoms. The van der Waals surface area contributed by atoms with Crippen molar-refractivity contribution in [2.24, 2.45) is 0 Å². The van der Waals surface area contributed by atoms with Gasteiger partial charge in [-0.2, -0.15) is 0 Å². The number of nitrogens with zero attached hydrogens (tertiary/aromatic N) is 1. The zero-order chi connectivity index (χ0) is 18.4. The van der Waals surface area contributed by atoms with Crippen molar-refractivity contribution in [3.05, 3.63) is 57.3 Å². The second-order valence-corrected chi connectivity index (χ2v) is 7.19. The van der Waals surface area contributed by atoms with Crippen LogP contribution < -0.4 is 5.32 Å². The number of aromatic nitrogens is 1. The van der Waals surface area contributed by atoms with Gasteiger partial charge in [-0.15, -0.1) is 0 Å². The van der Waals surface area contributed by atoms with E-state index in [2.05, 4.69) is 26.2 Å². The average Bonchev–Trinajstić information content (AvgIpc) is 2.99. The summed E-state index contributed by atoms with van der Waals surface area (Å²) in [6.45, 7) is 4.99. The zero-order valence-electron chi connectivity index (χ0n) is 14.1. The van der Waals surface area contributed by atoms with Crippen LogP contribution in [0.25, 0.3) is 0 Å². The van der Waals surface area contributed by atoms with Crippen molar-refractivity contribution in [3.63, 3.8) is 0 Å². The number of imide groups is 1. The van der Waals surface area contributed by atoms with Gasteiger partial charge in [0.1, 0.15) is 5.54 Å². The highest BCUT2D eigenvalue weighted by Crippen LogP contribution is 2.33. The SMILES string of the molecule is Cc1cc(C(=O)CN2C(=O)N[C@@](C)(c3ccccc3Br)C2=O)c(C)[nH]1. The van der Waals surface area contributed by atoms with Crippen molar-refractivity contribution in [1.29, 1.82) is 0 Å². The molecule has 25 heavy (non-hydrogen) atoms. The Labute approximate surface area is 153 Å². The lowest BCUT2D eigenvalue weighted by Crippen LogP contribution is -2.41. The van der Waals surface area contributed by atoms with Crippen molar-refractivity contribution >= 4 is 33.7 Å². The molecule has 1 saturated heterocycles. The lowest BCUT2D eigenvalue weighted by Gasteiger charge is -2.23. The van der Waals surface area contributed by atoms with Gasteiger partial charge in [0.2, 0.25) is 0 Å². The molecule has 2 N–H and O–H groups in total. The standard InChI is InChI=1S/C18H18BrN3O3/c1-10-8-12(11(2)20-10)15(23)9-22-16(24)18(3,21-17(22)25)13-6-4-5-7-14(13)19/h4-8,20H,9H2,1-3H3,(H,21,25)/t18-/m0/s1. The van der Waals surface area contributed by atoms with E-state index in [1.807, 2.05) is 13.0 Å². The number of benzene rings is 1. The zero-order valence-corrected chi connectivity index (χ0v) is 15.7. The minimum Gasteiger partial charge on any atom is -0.362 e. The third kappa shape index (κ3) is 2.89. The second-order valence-electron chi connectivity index (χ2n) is 6.34. The van der Waals surface area contributed by atoms with Crippen molar-refractivity contribution in [1.82, 2.24) is 15.2 Å². The van der Waals surface area contributed by atoms with Gasteiger partial charge in [-0.05, 0) is 32.9 Å². The Hall–Kier alpha value is -2.41. The van der Waals surface area contributed by atoms with Crippen LogP contribution in [0, 0.1) is 13.8 Å². The number of ketones is 1. The monoisotopic (exact) mass is 403 g/mol. The van der Waals surface area contributed by atoms with E-state index < -0.39 is 17.5 Å². The molecule has 0 spiro atoms. The van der Waals surface area contributed by atoms with Crippen LogP contribution in [-0.2, 0) is 10.3 Å². The fourth-order valence-corrected chi connectivity index (χ4v) is 3.81. The van der Waals surface area contributed by atoms with Crippen LogP contribution >= 0.6 is 15.9 Å². The predicted molar refractivity (Wildman–Crippen MR) is 96.3 cm³/mol. The second kappa shape index (κ2) is 6.15. The number of H-pyrrole nitrogens is 1. The van der Waals surface area contributed by atoms with Gasteiger partial charge in [0.25, 0.3) is 5.91 Å². The van der Waals surface area contributed by atoms with Gasteiger partial charge in [0, 0.05) is 27.0 Å². The van der Waals surface area contributed by atoms with E-state index in [1.165, 1.54) is 0 Å². The number of Topliss-reactive ketones (excluding diaryl/α,β-unsaturated/α-hetero) is 1. The maximum Gasteiger partial charge on any atom is 0.325 e. The predicted octanol–water partition coefficient (Wildman–Crippen LogP) is 3.04. The van der Waals surface area contributed by atoms with E-state index in [1.54, 1.807) is 38.1 Å². The number of halogens is 1. The van der Waals surface area contributed by atoms with Crippen LogP contribution in [0.15, 0.2) is 34.8 Å². The summed E-state index contributed by atoms with van der Waals surface area (Å²) in [4.78, 5) is 41.8. The Morgan fingerprint density at radius 3 is 2.52 bits per heavy atom. The van der Waals surface area contributed by atoms with Crippen molar-refractivity contribution in [2.45, 2.75) is 26.3 Å². The molecule has 3 amide bonds. The molecule has 6 nitrogen and oxygen atoms in total. The number of urea groups is 1. The summed E-state index contributed by atoms with van der Waals surface area (Å²) in [5.74, 6) is -0.718. The fraction of sp³-hybridized carbons (Fsp3) is 0.278. The lowest BCUT2D eigenvalue weighted by atomic mass is 9.92. The van der Waals surface area contributed by atoms with Crippen LogP contribution in [0.4, 0.5) is 4.79 Å². The Kier molecular flexibility index (Phi) is 4.28. The maximum atomic E-state index is 12.9. The minimum absolute atomic E-state index is 0.276. The van der Waals surface area contributed by atoms with Gasteiger partial charge in [-0.25, -0.2) is 4.79 Å². The molecular formula is C18H18BrN3O3. The quantitative estimate of drug-likeness (QED) is 0.607. The first-order valence-corrected chi connectivity index (χ1v) is 8.62. The number of hydrogen-bond donors (Lipinski definition) is 2. The Morgan fingerprint density at radius 1 is 1.24 bits per heavy atom. The van der Waals surface area contributed by atoms with E-state index in [9.17, 15) is 14.4 Å². The molecule has 2 aromatic rings. The molecule has 2 heterocycles. The molecule has 0 unspecified atom stereocenters. The van der Waals surface area contributed by atoms with E-state index in [4.69, 9.17) is 0 Å². The number of carbonyl (C=O) groups excluding carboxylic acids is 3. The van der Waals surface area contributed by atoms with Crippen molar-refractivity contribution in [3.8, 4) is 0 Å². The summed E-state index contributed by atoms with van der Waals surface area (Å²) in [5, 5.41) is 2.71. The van der Waals surface area contributed by atoms with Crippen LogP contribution in [0.3, 0.4) is 0 Å². The Morgan fingerprint density at radius 2 is 1.92 bits per heavy atom. The molecule has 1 atom stereocenters. The van der Waals surface area contributed by atoms with Gasteiger partial charge < -0.3 is 10.3 Å². The highest BCUT2D eigenvalue weighted by molar-refractivity contribution is 9.10. The number of carbonyl (C=O) groups is 3.